The van der Waals surface area contributed by atoms with Crippen molar-refractivity contribution in [2.24, 2.45) is 0 Å². The maximum atomic E-state index is 10.8. The predicted octanol–water partition coefficient (Wildman–Crippen LogP) is 1.22. The van der Waals surface area contributed by atoms with E-state index in [2.05, 4.69) is 0 Å². The highest BCUT2D eigenvalue weighted by atomic mass is 16.5. The van der Waals surface area contributed by atoms with Crippen LogP contribution in [-0.4, -0.2) is 33.9 Å². The van der Waals surface area contributed by atoms with E-state index in [1.807, 2.05) is 0 Å². The molecule has 0 aliphatic heterocycles. The summed E-state index contributed by atoms with van der Waals surface area (Å²) in [6.07, 6.45) is -1.68. The van der Waals surface area contributed by atoms with Gasteiger partial charge in [0.25, 0.3) is 0 Å². The lowest BCUT2D eigenvalue weighted by molar-refractivity contribution is -0.147. The summed E-state index contributed by atoms with van der Waals surface area (Å²) < 4.78 is 5.27. The van der Waals surface area contributed by atoms with Crippen LogP contribution in [0.2, 0.25) is 0 Å². The zero-order chi connectivity index (χ0) is 14.4. The minimum atomic E-state index is -1.67. The fraction of sp³-hybridized carbons (Fsp3) is 0.385. The first-order chi connectivity index (χ1) is 8.95. The molecule has 6 heteroatoms. The summed E-state index contributed by atoms with van der Waals surface area (Å²) in [7, 11) is 0. The van der Waals surface area contributed by atoms with Gasteiger partial charge in [0.1, 0.15) is 5.75 Å². The van der Waals surface area contributed by atoms with Crippen LogP contribution in [0.4, 0.5) is 0 Å². The Morgan fingerprint density at radius 1 is 1.32 bits per heavy atom. The highest BCUT2D eigenvalue weighted by Crippen LogP contribution is 2.25. The molecular formula is C13H16O6. The first-order valence-electron chi connectivity index (χ1n) is 5.84. The Bertz CT molecular complexity index is 468. The number of aliphatic hydroxyl groups is 1. The lowest BCUT2D eigenvalue weighted by Gasteiger charge is -2.14. The predicted molar refractivity (Wildman–Crippen MR) is 66.2 cm³/mol. The molecule has 0 aliphatic carbocycles. The molecule has 0 radical (unpaired) electrons. The molecule has 0 fully saturated rings. The lowest BCUT2D eigenvalue weighted by atomic mass is 9.98. The number of hydrogen-bond donors (Lipinski definition) is 3. The molecule has 104 valence electrons. The van der Waals surface area contributed by atoms with Crippen molar-refractivity contribution in [3.05, 3.63) is 29.3 Å². The van der Waals surface area contributed by atoms with Gasteiger partial charge in [0.05, 0.1) is 6.61 Å². The number of aryl methyl sites for hydroxylation is 1. The fourth-order valence-electron chi connectivity index (χ4n) is 1.70. The van der Waals surface area contributed by atoms with Gasteiger partial charge in [0.15, 0.2) is 6.10 Å². The van der Waals surface area contributed by atoms with E-state index in [1.165, 1.54) is 6.07 Å². The minimum absolute atomic E-state index is 0.135. The highest BCUT2D eigenvalue weighted by Gasteiger charge is 2.20. The Kier molecular flexibility index (Phi) is 5.32. The van der Waals surface area contributed by atoms with Crippen LogP contribution in [0.25, 0.3) is 0 Å². The second-order valence-electron chi connectivity index (χ2n) is 3.93. The smallest absolute Gasteiger partial charge is 0.337 e. The number of aliphatic carboxylic acids is 2. The van der Waals surface area contributed by atoms with Gasteiger partial charge in [-0.05, 0) is 36.6 Å². The Balaban J connectivity index is 3.06. The monoisotopic (exact) mass is 268 g/mol. The molecule has 1 aromatic rings. The quantitative estimate of drug-likeness (QED) is 0.687. The van der Waals surface area contributed by atoms with Gasteiger partial charge in [-0.2, -0.15) is 0 Å². The summed E-state index contributed by atoms with van der Waals surface area (Å²) in [6, 6.07) is 4.56. The summed E-state index contributed by atoms with van der Waals surface area (Å²) in [5.74, 6) is -1.84. The molecule has 0 saturated heterocycles. The van der Waals surface area contributed by atoms with Crippen molar-refractivity contribution in [2.75, 3.05) is 6.61 Å². The van der Waals surface area contributed by atoms with Crippen molar-refractivity contribution in [3.8, 4) is 5.75 Å². The van der Waals surface area contributed by atoms with Crippen LogP contribution in [0.1, 0.15) is 30.6 Å². The number of rotatable bonds is 7. The fourth-order valence-corrected chi connectivity index (χ4v) is 1.70. The first kappa shape index (κ1) is 15.0. The maximum absolute atomic E-state index is 10.8. The number of hydrogen-bond acceptors (Lipinski definition) is 4. The second kappa shape index (κ2) is 6.75. The van der Waals surface area contributed by atoms with E-state index in [0.717, 1.165) is 0 Å². The van der Waals surface area contributed by atoms with Gasteiger partial charge < -0.3 is 20.1 Å². The number of carboxylic acid groups (broad SMARTS) is 2. The van der Waals surface area contributed by atoms with E-state index in [-0.39, 0.29) is 18.4 Å². The molecule has 1 unspecified atom stereocenters. The van der Waals surface area contributed by atoms with Gasteiger partial charge in [-0.3, -0.25) is 4.79 Å². The molecule has 1 rings (SSSR count). The number of aliphatic hydroxyl groups excluding tert-OH is 1. The summed E-state index contributed by atoms with van der Waals surface area (Å²) in [5.41, 5.74) is 0.653. The SMILES string of the molecule is CCOc1ccc(C(O)C(=O)O)c(CCC(=O)O)c1. The van der Waals surface area contributed by atoms with E-state index < -0.39 is 18.0 Å². The lowest BCUT2D eigenvalue weighted by Crippen LogP contribution is -2.13. The molecule has 0 saturated carbocycles. The van der Waals surface area contributed by atoms with Crippen LogP contribution in [0.15, 0.2) is 18.2 Å². The minimum Gasteiger partial charge on any atom is -0.494 e. The third-order valence-corrected chi connectivity index (χ3v) is 2.56. The normalized spacial score (nSPS) is 11.9. The van der Waals surface area contributed by atoms with Crippen molar-refractivity contribution >= 4 is 11.9 Å². The van der Waals surface area contributed by atoms with Gasteiger partial charge in [0, 0.05) is 6.42 Å². The molecule has 1 aromatic carbocycles. The van der Waals surface area contributed by atoms with E-state index in [0.29, 0.717) is 17.9 Å². The maximum Gasteiger partial charge on any atom is 0.337 e. The Labute approximate surface area is 110 Å². The van der Waals surface area contributed by atoms with Crippen LogP contribution in [0, 0.1) is 0 Å². The molecular weight excluding hydrogens is 252 g/mol. The summed E-state index contributed by atoms with van der Waals surface area (Å²) in [5, 5.41) is 27.1. The Morgan fingerprint density at radius 3 is 2.53 bits per heavy atom. The largest absolute Gasteiger partial charge is 0.494 e. The first-order valence-corrected chi connectivity index (χ1v) is 5.84. The van der Waals surface area contributed by atoms with Crippen LogP contribution < -0.4 is 4.74 Å². The van der Waals surface area contributed by atoms with Crippen molar-refractivity contribution < 1.29 is 29.6 Å². The average molecular weight is 268 g/mol. The molecule has 0 amide bonds. The summed E-state index contributed by atoms with van der Waals surface area (Å²) in [4.78, 5) is 21.4. The molecule has 0 spiro atoms. The third kappa shape index (κ3) is 4.26. The van der Waals surface area contributed by atoms with Gasteiger partial charge in [-0.15, -0.1) is 0 Å². The third-order valence-electron chi connectivity index (χ3n) is 2.56. The van der Waals surface area contributed by atoms with Gasteiger partial charge in [-0.25, -0.2) is 4.79 Å². The van der Waals surface area contributed by atoms with Crippen molar-refractivity contribution in [1.29, 1.82) is 0 Å². The van der Waals surface area contributed by atoms with E-state index >= 15 is 0 Å². The van der Waals surface area contributed by atoms with Crippen LogP contribution in [0.3, 0.4) is 0 Å². The zero-order valence-electron chi connectivity index (χ0n) is 10.5. The van der Waals surface area contributed by atoms with Crippen molar-refractivity contribution in [3.63, 3.8) is 0 Å². The Morgan fingerprint density at radius 2 is 2.00 bits per heavy atom. The Hall–Kier alpha value is -2.08. The zero-order valence-corrected chi connectivity index (χ0v) is 10.5. The number of carboxylic acids is 2. The van der Waals surface area contributed by atoms with Gasteiger partial charge in [-0.1, -0.05) is 6.07 Å². The summed E-state index contributed by atoms with van der Waals surface area (Å²) in [6.45, 7) is 2.25. The summed E-state index contributed by atoms with van der Waals surface area (Å²) >= 11 is 0. The van der Waals surface area contributed by atoms with Crippen LogP contribution >= 0.6 is 0 Å². The number of benzene rings is 1. The number of carbonyl (C=O) groups is 2. The van der Waals surface area contributed by atoms with E-state index in [1.54, 1.807) is 19.1 Å². The van der Waals surface area contributed by atoms with Crippen LogP contribution in [-0.2, 0) is 16.0 Å². The number of ether oxygens (including phenoxy) is 1. The topological polar surface area (TPSA) is 104 Å². The van der Waals surface area contributed by atoms with E-state index in [9.17, 15) is 14.7 Å². The van der Waals surface area contributed by atoms with Gasteiger partial charge >= 0.3 is 11.9 Å². The molecule has 1 atom stereocenters. The van der Waals surface area contributed by atoms with E-state index in [4.69, 9.17) is 14.9 Å². The standard InChI is InChI=1S/C13H16O6/c1-2-19-9-4-5-10(12(16)13(17)18)8(7-9)3-6-11(14)15/h4-5,7,12,16H,2-3,6H2,1H3,(H,14,15)(H,17,18). The molecule has 0 heterocycles. The second-order valence-corrected chi connectivity index (χ2v) is 3.93. The van der Waals surface area contributed by atoms with Gasteiger partial charge in [0.2, 0.25) is 0 Å². The average Bonchev–Trinajstić information content (AvgIpc) is 2.36. The van der Waals surface area contributed by atoms with Crippen LogP contribution in [0.5, 0.6) is 5.75 Å². The molecule has 0 aliphatic rings. The molecule has 19 heavy (non-hydrogen) atoms. The molecule has 3 N–H and O–H groups in total. The van der Waals surface area contributed by atoms with Crippen molar-refractivity contribution in [2.45, 2.75) is 25.9 Å². The highest BCUT2D eigenvalue weighted by molar-refractivity contribution is 5.75. The van der Waals surface area contributed by atoms with Crippen molar-refractivity contribution in [1.82, 2.24) is 0 Å². The molecule has 0 bridgehead atoms. The molecule has 0 aromatic heterocycles. The molecule has 6 nitrogen and oxygen atoms in total.